The number of fused-ring (bicyclic) bond motifs is 4. The van der Waals surface area contributed by atoms with E-state index in [2.05, 4.69) is 54.8 Å². The molecule has 6 aliphatic rings. The molecule has 3 amide bonds. The summed E-state index contributed by atoms with van der Waals surface area (Å²) in [4.78, 5) is 58.6. The van der Waals surface area contributed by atoms with E-state index < -0.39 is 11.2 Å². The number of amides is 3. The number of rotatable bonds is 8. The molecule has 15 heteroatoms. The molecule has 10 rings (SSSR count). The summed E-state index contributed by atoms with van der Waals surface area (Å²) in [6.07, 6.45) is 10.4. The largest absolute Gasteiger partial charge is 0.492 e. The Bertz CT molecular complexity index is 2380. The molecule has 6 aliphatic heterocycles. The quantitative estimate of drug-likeness (QED) is 0.205. The van der Waals surface area contributed by atoms with E-state index in [0.717, 1.165) is 104 Å². The van der Waals surface area contributed by atoms with Gasteiger partial charge in [-0.3, -0.25) is 19.7 Å². The molecule has 8 heterocycles. The average molecular weight is 830 g/mol. The van der Waals surface area contributed by atoms with Gasteiger partial charge in [-0.15, -0.1) is 0 Å². The zero-order valence-corrected chi connectivity index (χ0v) is 34.6. The third kappa shape index (κ3) is 7.72. The van der Waals surface area contributed by atoms with Gasteiger partial charge < -0.3 is 34.8 Å². The van der Waals surface area contributed by atoms with Crippen LogP contribution in [0, 0.1) is 18.7 Å². The third-order valence-corrected chi connectivity index (χ3v) is 13.9. The lowest BCUT2D eigenvalue weighted by Gasteiger charge is -2.42. The van der Waals surface area contributed by atoms with Crippen LogP contribution in [0.2, 0.25) is 0 Å². The van der Waals surface area contributed by atoms with Gasteiger partial charge in [0.25, 0.3) is 0 Å². The first-order valence-corrected chi connectivity index (χ1v) is 21.8. The molecule has 1 spiro atoms. The molecule has 2 aromatic carbocycles. The maximum atomic E-state index is 15.5. The van der Waals surface area contributed by atoms with E-state index in [4.69, 9.17) is 14.5 Å². The molecule has 0 aliphatic carbocycles. The predicted octanol–water partition coefficient (Wildman–Crippen LogP) is 4.98. The van der Waals surface area contributed by atoms with Crippen molar-refractivity contribution in [3.8, 4) is 11.6 Å². The van der Waals surface area contributed by atoms with Gasteiger partial charge in [-0.25, -0.2) is 19.3 Å². The molecule has 3 N–H and O–H groups in total. The molecule has 318 valence electrons. The van der Waals surface area contributed by atoms with Crippen molar-refractivity contribution < 1.29 is 28.2 Å². The van der Waals surface area contributed by atoms with Gasteiger partial charge in [0.05, 0.1) is 30.5 Å². The first-order chi connectivity index (χ1) is 29.7. The highest BCUT2D eigenvalue weighted by molar-refractivity contribution is 6.04. The first kappa shape index (κ1) is 39.3. The highest BCUT2D eigenvalue weighted by atomic mass is 19.1. The minimum Gasteiger partial charge on any atom is -0.492 e. The normalized spacial score (nSPS) is 21.8. The van der Waals surface area contributed by atoms with Gasteiger partial charge in [0.1, 0.15) is 35.9 Å². The summed E-state index contributed by atoms with van der Waals surface area (Å²) < 4.78 is 27.2. The standard InChI is InChI=1S/C46H52FN9O5/c1-28-38(25-49-43-42(28)48-13-19-60-43)56-16-9-32-24-50-45(52-37(32)26-56)51-33-4-3-31(36(47)23-33)22-41(58)55-17-10-34(11-18-55)54-14-7-29(8-15-54)20-30-2-5-35-39(21-30)61-27-46(35)12-6-40(57)53-44(46)59/h2-5,21,23-25,29,34,48H,6-20,22,26-27H2,1H3,(H,50,51,52)(H,53,57,59). The maximum Gasteiger partial charge on any atom is 0.240 e. The minimum absolute atomic E-state index is 0.0214. The van der Waals surface area contributed by atoms with Crippen LogP contribution in [0.1, 0.15) is 72.0 Å². The Morgan fingerprint density at radius 1 is 0.984 bits per heavy atom. The zero-order chi connectivity index (χ0) is 41.7. The number of halogens is 1. The zero-order valence-electron chi connectivity index (χ0n) is 34.6. The number of nitrogens with zero attached hydrogens (tertiary/aromatic N) is 6. The lowest BCUT2D eigenvalue weighted by molar-refractivity contribution is -0.138. The number of carbonyl (C=O) groups is 3. The van der Waals surface area contributed by atoms with Crippen LogP contribution in [-0.2, 0) is 45.6 Å². The van der Waals surface area contributed by atoms with Crippen molar-refractivity contribution in [1.82, 2.24) is 30.1 Å². The second-order valence-electron chi connectivity index (χ2n) is 17.5. The molecular weight excluding hydrogens is 778 g/mol. The number of nitrogens with one attached hydrogen (secondary N) is 3. The fourth-order valence-corrected chi connectivity index (χ4v) is 10.2. The van der Waals surface area contributed by atoms with Crippen LogP contribution < -0.4 is 30.3 Å². The number of carbonyl (C=O) groups excluding carboxylic acids is 3. The fourth-order valence-electron chi connectivity index (χ4n) is 10.2. The van der Waals surface area contributed by atoms with E-state index in [-0.39, 0.29) is 30.7 Å². The highest BCUT2D eigenvalue weighted by Crippen LogP contribution is 2.44. The van der Waals surface area contributed by atoms with Crippen molar-refractivity contribution >= 4 is 40.7 Å². The highest BCUT2D eigenvalue weighted by Gasteiger charge is 2.50. The van der Waals surface area contributed by atoms with Gasteiger partial charge in [-0.2, -0.15) is 0 Å². The van der Waals surface area contributed by atoms with Crippen LogP contribution in [0.4, 0.5) is 27.4 Å². The van der Waals surface area contributed by atoms with Crippen molar-refractivity contribution in [1.29, 1.82) is 0 Å². The van der Waals surface area contributed by atoms with Crippen molar-refractivity contribution in [2.75, 3.05) is 68.0 Å². The van der Waals surface area contributed by atoms with Crippen LogP contribution >= 0.6 is 0 Å². The Hall–Kier alpha value is -5.83. The molecule has 3 fully saturated rings. The number of aromatic nitrogens is 3. The van der Waals surface area contributed by atoms with Gasteiger partial charge in [0, 0.05) is 61.7 Å². The minimum atomic E-state index is -0.756. The lowest BCUT2D eigenvalue weighted by atomic mass is 9.75. The third-order valence-electron chi connectivity index (χ3n) is 13.9. The molecule has 61 heavy (non-hydrogen) atoms. The number of hydrogen-bond acceptors (Lipinski definition) is 12. The Kier molecular flexibility index (Phi) is 10.5. The molecule has 4 aromatic rings. The molecule has 14 nitrogen and oxygen atoms in total. The van der Waals surface area contributed by atoms with Crippen LogP contribution in [0.5, 0.6) is 11.6 Å². The van der Waals surface area contributed by atoms with Crippen LogP contribution in [-0.4, -0.2) is 101 Å². The summed E-state index contributed by atoms with van der Waals surface area (Å²) in [7, 11) is 0. The molecule has 0 bridgehead atoms. The summed E-state index contributed by atoms with van der Waals surface area (Å²) in [5.41, 5.74) is 7.34. The van der Waals surface area contributed by atoms with E-state index in [1.54, 1.807) is 12.1 Å². The van der Waals surface area contributed by atoms with Crippen molar-refractivity contribution in [3.63, 3.8) is 0 Å². The molecule has 1 atom stereocenters. The monoisotopic (exact) mass is 829 g/mol. The number of piperidine rings is 3. The number of likely N-dealkylation sites (tertiary alicyclic amines) is 2. The smallest absolute Gasteiger partial charge is 0.240 e. The molecule has 1 unspecified atom stereocenters. The number of hydrogen-bond donors (Lipinski definition) is 3. The van der Waals surface area contributed by atoms with Gasteiger partial charge in [0.2, 0.25) is 29.5 Å². The first-order valence-electron chi connectivity index (χ1n) is 21.8. The van der Waals surface area contributed by atoms with Crippen molar-refractivity contribution in [3.05, 3.63) is 88.1 Å². The van der Waals surface area contributed by atoms with Crippen molar-refractivity contribution in [2.45, 2.75) is 82.7 Å². The van der Waals surface area contributed by atoms with Crippen molar-refractivity contribution in [2.24, 2.45) is 5.92 Å². The number of imide groups is 1. The average Bonchev–Trinajstić information content (AvgIpc) is 3.64. The van der Waals surface area contributed by atoms with E-state index in [0.29, 0.717) is 74.1 Å². The number of pyridine rings is 1. The summed E-state index contributed by atoms with van der Waals surface area (Å²) in [5, 5.41) is 9.09. The topological polar surface area (TPSA) is 154 Å². The second kappa shape index (κ2) is 16.2. The number of anilines is 4. The van der Waals surface area contributed by atoms with E-state index >= 15 is 4.39 Å². The lowest BCUT2D eigenvalue weighted by Crippen LogP contribution is -2.52. The SMILES string of the molecule is Cc1c(N2CCc3cnc(Nc4ccc(CC(=O)N5CCC(N6CCC(Cc7ccc8c(c7)OCC87CCC(=O)NC7=O)CC6)CC5)c(F)c4)nc3C2)cnc2c1NCCO2. The summed E-state index contributed by atoms with van der Waals surface area (Å²) in [6, 6.07) is 11.6. The Morgan fingerprint density at radius 2 is 1.84 bits per heavy atom. The Morgan fingerprint density at radius 3 is 2.66 bits per heavy atom. The number of ether oxygens (including phenoxy) is 2. The van der Waals surface area contributed by atoms with Gasteiger partial charge >= 0.3 is 0 Å². The van der Waals surface area contributed by atoms with E-state index in [1.807, 2.05) is 23.4 Å². The summed E-state index contributed by atoms with van der Waals surface area (Å²) >= 11 is 0. The van der Waals surface area contributed by atoms with Crippen LogP contribution in [0.15, 0.2) is 48.8 Å². The van der Waals surface area contributed by atoms with Crippen LogP contribution in [0.3, 0.4) is 0 Å². The summed E-state index contributed by atoms with van der Waals surface area (Å²) in [5.74, 6) is 1.43. The number of benzene rings is 2. The molecule has 0 radical (unpaired) electrons. The van der Waals surface area contributed by atoms with Gasteiger partial charge in [0.15, 0.2) is 0 Å². The Balaban J connectivity index is 0.684. The molecule has 3 saturated heterocycles. The van der Waals surface area contributed by atoms with E-state index in [9.17, 15) is 14.4 Å². The second-order valence-corrected chi connectivity index (χ2v) is 17.5. The molecular formula is C46H52FN9O5. The Labute approximate surface area is 354 Å². The van der Waals surface area contributed by atoms with Gasteiger partial charge in [-0.05, 0) is 106 Å². The van der Waals surface area contributed by atoms with E-state index in [1.165, 1.54) is 11.6 Å². The molecule has 0 saturated carbocycles. The fraction of sp³-hybridized carbons (Fsp3) is 0.478. The predicted molar refractivity (Wildman–Crippen MR) is 227 cm³/mol. The van der Waals surface area contributed by atoms with Gasteiger partial charge in [-0.1, -0.05) is 18.2 Å². The maximum absolute atomic E-state index is 15.5. The van der Waals surface area contributed by atoms with Crippen LogP contribution in [0.25, 0.3) is 0 Å². The molecule has 2 aromatic heterocycles. The summed E-state index contributed by atoms with van der Waals surface area (Å²) in [6.45, 7) is 8.55.